The number of nitrogens with zero attached hydrogens (tertiary/aromatic N) is 3. The summed E-state index contributed by atoms with van der Waals surface area (Å²) < 4.78 is 17.8. The zero-order chi connectivity index (χ0) is 23.9. The second-order valence-electron chi connectivity index (χ2n) is 9.51. The molecule has 0 aliphatic carbocycles. The van der Waals surface area contributed by atoms with Gasteiger partial charge in [0.05, 0.1) is 5.39 Å². The Hall–Kier alpha value is -3.55. The number of carbonyl (C=O) groups excluding carboxylic acids is 1. The molecule has 1 amide bonds. The van der Waals surface area contributed by atoms with Gasteiger partial charge >= 0.3 is 5.63 Å². The number of hydrogen-bond acceptors (Lipinski definition) is 7. The van der Waals surface area contributed by atoms with E-state index in [1.807, 2.05) is 49.9 Å². The van der Waals surface area contributed by atoms with Crippen LogP contribution in [0.25, 0.3) is 11.0 Å². The summed E-state index contributed by atoms with van der Waals surface area (Å²) in [4.78, 5) is 33.4. The lowest BCUT2D eigenvalue weighted by atomic mass is 9.92. The topological polar surface area (TPSA) is 85.1 Å². The van der Waals surface area contributed by atoms with Crippen LogP contribution in [0.2, 0.25) is 0 Å². The molecule has 1 saturated heterocycles. The molecule has 0 bridgehead atoms. The fraction of sp³-hybridized carbons (Fsp3) is 0.423. The number of hydrogen-bond donors (Lipinski definition) is 0. The van der Waals surface area contributed by atoms with Gasteiger partial charge in [-0.2, -0.15) is 0 Å². The van der Waals surface area contributed by atoms with Crippen molar-refractivity contribution in [2.45, 2.75) is 39.2 Å². The van der Waals surface area contributed by atoms with Crippen LogP contribution in [0.15, 0.2) is 45.7 Å². The van der Waals surface area contributed by atoms with Crippen molar-refractivity contribution in [2.24, 2.45) is 0 Å². The molecule has 1 aromatic carbocycles. The molecule has 4 heterocycles. The molecule has 178 valence electrons. The first-order valence-corrected chi connectivity index (χ1v) is 11.7. The number of carbonyl (C=O) groups is 1. The third-order valence-electron chi connectivity index (χ3n) is 6.56. The molecule has 1 fully saturated rings. The van der Waals surface area contributed by atoms with Gasteiger partial charge < -0.3 is 23.7 Å². The van der Waals surface area contributed by atoms with Gasteiger partial charge in [-0.15, -0.1) is 0 Å². The number of rotatable bonds is 4. The quantitative estimate of drug-likeness (QED) is 0.549. The van der Waals surface area contributed by atoms with Crippen molar-refractivity contribution < 1.29 is 18.7 Å². The summed E-state index contributed by atoms with van der Waals surface area (Å²) in [7, 11) is 0. The van der Waals surface area contributed by atoms with E-state index in [1.165, 1.54) is 6.07 Å². The lowest BCUT2D eigenvalue weighted by Crippen LogP contribution is -2.50. The van der Waals surface area contributed by atoms with Crippen LogP contribution < -0.4 is 20.0 Å². The molecule has 2 aliphatic heterocycles. The van der Waals surface area contributed by atoms with Gasteiger partial charge in [0.15, 0.2) is 6.61 Å². The molecule has 8 heteroatoms. The highest BCUT2D eigenvalue weighted by molar-refractivity contribution is 5.91. The van der Waals surface area contributed by atoms with Crippen LogP contribution in [-0.4, -0.2) is 54.2 Å². The molecule has 0 N–H and O–H groups in total. The zero-order valence-electron chi connectivity index (χ0n) is 19.8. The van der Waals surface area contributed by atoms with Gasteiger partial charge in [0, 0.05) is 50.1 Å². The molecule has 0 unspecified atom stereocenters. The summed E-state index contributed by atoms with van der Waals surface area (Å²) in [5, 5.41) is 0.717. The van der Waals surface area contributed by atoms with E-state index in [2.05, 4.69) is 9.88 Å². The third-order valence-corrected chi connectivity index (χ3v) is 6.56. The second-order valence-corrected chi connectivity index (χ2v) is 9.51. The molecule has 2 aromatic heterocycles. The van der Waals surface area contributed by atoms with E-state index in [0.29, 0.717) is 30.2 Å². The maximum absolute atomic E-state index is 12.9. The maximum Gasteiger partial charge on any atom is 0.336 e. The number of fused-ring (bicyclic) bond motifs is 3. The molecule has 34 heavy (non-hydrogen) atoms. The number of piperazine rings is 1. The van der Waals surface area contributed by atoms with Gasteiger partial charge in [-0.1, -0.05) is 6.07 Å². The lowest BCUT2D eigenvalue weighted by molar-refractivity contribution is -0.133. The van der Waals surface area contributed by atoms with Crippen molar-refractivity contribution in [3.8, 4) is 11.5 Å². The fourth-order valence-corrected chi connectivity index (χ4v) is 4.69. The number of aromatic nitrogens is 1. The van der Waals surface area contributed by atoms with Gasteiger partial charge in [0.1, 0.15) is 28.5 Å². The van der Waals surface area contributed by atoms with Gasteiger partial charge in [0.2, 0.25) is 0 Å². The predicted molar refractivity (Wildman–Crippen MR) is 129 cm³/mol. The van der Waals surface area contributed by atoms with Crippen LogP contribution in [0, 0.1) is 6.92 Å². The molecule has 0 saturated carbocycles. The van der Waals surface area contributed by atoms with Crippen molar-refractivity contribution >= 4 is 22.7 Å². The number of benzene rings is 1. The Bertz CT molecular complexity index is 1280. The smallest absolute Gasteiger partial charge is 0.336 e. The van der Waals surface area contributed by atoms with Crippen LogP contribution in [0.4, 0.5) is 5.82 Å². The molecular formula is C26H29N3O5. The first-order chi connectivity index (χ1) is 16.3. The highest BCUT2D eigenvalue weighted by Crippen LogP contribution is 2.42. The molecule has 0 spiro atoms. The molecule has 5 rings (SSSR count). The number of anilines is 1. The first kappa shape index (κ1) is 22.3. The highest BCUT2D eigenvalue weighted by Gasteiger charge is 2.31. The van der Waals surface area contributed by atoms with Gasteiger partial charge in [-0.3, -0.25) is 4.79 Å². The van der Waals surface area contributed by atoms with Crippen LogP contribution >= 0.6 is 0 Å². The van der Waals surface area contributed by atoms with E-state index >= 15 is 0 Å². The normalized spacial score (nSPS) is 17.3. The number of ether oxygens (including phenoxy) is 2. The van der Waals surface area contributed by atoms with E-state index in [-0.39, 0.29) is 18.1 Å². The fourth-order valence-electron chi connectivity index (χ4n) is 4.69. The standard InChI is InChI=1S/C26H29N3O5/c1-17-14-23(31)33-25-18-7-8-26(2,3)34-19(18)15-20(24(17)25)32-16-22(30)29-12-10-28(11-13-29)21-6-4-5-9-27-21/h4-6,9,14-15H,7-8,10-13,16H2,1-3H3. The summed E-state index contributed by atoms with van der Waals surface area (Å²) in [6, 6.07) is 9.12. The summed E-state index contributed by atoms with van der Waals surface area (Å²) in [5.41, 5.74) is 1.38. The highest BCUT2D eigenvalue weighted by atomic mass is 16.5. The second kappa shape index (κ2) is 8.66. The Morgan fingerprint density at radius 1 is 1.18 bits per heavy atom. The van der Waals surface area contributed by atoms with Crippen LogP contribution in [0.1, 0.15) is 31.4 Å². The minimum Gasteiger partial charge on any atom is -0.487 e. The van der Waals surface area contributed by atoms with E-state index in [1.54, 1.807) is 6.20 Å². The maximum atomic E-state index is 12.9. The van der Waals surface area contributed by atoms with Crippen molar-refractivity contribution in [1.82, 2.24) is 9.88 Å². The molecule has 3 aromatic rings. The molecule has 2 aliphatic rings. The largest absolute Gasteiger partial charge is 0.487 e. The van der Waals surface area contributed by atoms with E-state index in [4.69, 9.17) is 13.9 Å². The Labute approximate surface area is 198 Å². The van der Waals surface area contributed by atoms with Crippen LogP contribution in [0.5, 0.6) is 11.5 Å². The van der Waals surface area contributed by atoms with Gasteiger partial charge in [0.25, 0.3) is 5.91 Å². The Balaban J connectivity index is 1.34. The molecule has 8 nitrogen and oxygen atoms in total. The van der Waals surface area contributed by atoms with E-state index in [9.17, 15) is 9.59 Å². The van der Waals surface area contributed by atoms with Crippen LogP contribution in [0.3, 0.4) is 0 Å². The van der Waals surface area contributed by atoms with Crippen molar-refractivity contribution in [1.29, 1.82) is 0 Å². The van der Waals surface area contributed by atoms with Gasteiger partial charge in [-0.25, -0.2) is 9.78 Å². The Morgan fingerprint density at radius 3 is 2.71 bits per heavy atom. The van der Waals surface area contributed by atoms with Crippen molar-refractivity contribution in [3.63, 3.8) is 0 Å². The molecular weight excluding hydrogens is 434 g/mol. The average Bonchev–Trinajstić information content (AvgIpc) is 2.82. The number of amides is 1. The summed E-state index contributed by atoms with van der Waals surface area (Å²) >= 11 is 0. The average molecular weight is 464 g/mol. The predicted octanol–water partition coefficient (Wildman–Crippen LogP) is 3.33. The lowest BCUT2D eigenvalue weighted by Gasteiger charge is -2.35. The third kappa shape index (κ3) is 4.32. The minimum absolute atomic E-state index is 0.0807. The minimum atomic E-state index is -0.406. The Morgan fingerprint density at radius 2 is 1.97 bits per heavy atom. The van der Waals surface area contributed by atoms with E-state index < -0.39 is 5.63 Å². The van der Waals surface area contributed by atoms with Crippen molar-refractivity contribution in [2.75, 3.05) is 37.7 Å². The summed E-state index contributed by atoms with van der Waals surface area (Å²) in [6.07, 6.45) is 3.33. The van der Waals surface area contributed by atoms with Gasteiger partial charge in [-0.05, 0) is 51.3 Å². The number of aryl methyl sites for hydroxylation is 2. The SMILES string of the molecule is Cc1cc(=O)oc2c3c(cc(OCC(=O)N4CCN(c5ccccn5)CC4)c12)OC(C)(C)CC3. The molecule has 0 radical (unpaired) electrons. The number of pyridine rings is 1. The Kier molecular flexibility index (Phi) is 5.67. The summed E-state index contributed by atoms with van der Waals surface area (Å²) in [6.45, 7) is 8.46. The zero-order valence-corrected chi connectivity index (χ0v) is 19.8. The van der Waals surface area contributed by atoms with Crippen molar-refractivity contribution in [3.05, 3.63) is 58.1 Å². The monoisotopic (exact) mass is 463 g/mol. The van der Waals surface area contributed by atoms with E-state index in [0.717, 1.165) is 48.3 Å². The molecule has 0 atom stereocenters. The van der Waals surface area contributed by atoms with Crippen LogP contribution in [-0.2, 0) is 11.2 Å². The summed E-state index contributed by atoms with van der Waals surface area (Å²) in [5.74, 6) is 1.98. The first-order valence-electron chi connectivity index (χ1n) is 11.7.